The summed E-state index contributed by atoms with van der Waals surface area (Å²) in [6.45, 7) is 1.99. The number of amides is 2. The first-order chi connectivity index (χ1) is 10.1. The van der Waals surface area contributed by atoms with Gasteiger partial charge in [-0.3, -0.25) is 14.5 Å². The topological polar surface area (TPSA) is 37.4 Å². The second-order valence-corrected chi connectivity index (χ2v) is 7.07. The third kappa shape index (κ3) is 1.22. The molecule has 1 aliphatic heterocycles. The zero-order valence-corrected chi connectivity index (χ0v) is 12.0. The third-order valence-electron chi connectivity index (χ3n) is 6.11. The van der Waals surface area contributed by atoms with Crippen LogP contribution in [0.5, 0.6) is 0 Å². The predicted molar refractivity (Wildman–Crippen MR) is 78.4 cm³/mol. The summed E-state index contributed by atoms with van der Waals surface area (Å²) in [5, 5.41) is 0. The summed E-state index contributed by atoms with van der Waals surface area (Å²) < 4.78 is 0. The van der Waals surface area contributed by atoms with E-state index in [1.807, 2.05) is 31.2 Å². The Labute approximate surface area is 123 Å². The molecule has 1 spiro atoms. The number of fused-ring (bicyclic) bond motifs is 3. The molecule has 2 saturated carbocycles. The Morgan fingerprint density at radius 2 is 1.67 bits per heavy atom. The summed E-state index contributed by atoms with van der Waals surface area (Å²) >= 11 is 0. The molecule has 1 heterocycles. The van der Waals surface area contributed by atoms with Crippen LogP contribution in [0.2, 0.25) is 0 Å². The highest BCUT2D eigenvalue weighted by Gasteiger charge is 2.73. The minimum Gasteiger partial charge on any atom is -0.274 e. The van der Waals surface area contributed by atoms with E-state index in [2.05, 4.69) is 12.2 Å². The maximum atomic E-state index is 12.9. The second kappa shape index (κ2) is 3.46. The summed E-state index contributed by atoms with van der Waals surface area (Å²) in [5.41, 5.74) is 2.09. The van der Waals surface area contributed by atoms with Gasteiger partial charge < -0.3 is 0 Å². The average molecular weight is 279 g/mol. The Morgan fingerprint density at radius 3 is 2.19 bits per heavy atom. The van der Waals surface area contributed by atoms with Gasteiger partial charge in [0.05, 0.1) is 17.5 Å². The number of hydrogen-bond donors (Lipinski definition) is 0. The molecule has 3 fully saturated rings. The van der Waals surface area contributed by atoms with E-state index in [-0.39, 0.29) is 29.1 Å². The van der Waals surface area contributed by atoms with Gasteiger partial charge in [0.1, 0.15) is 0 Å². The zero-order valence-electron chi connectivity index (χ0n) is 12.0. The lowest BCUT2D eigenvalue weighted by Gasteiger charge is -2.21. The van der Waals surface area contributed by atoms with Crippen LogP contribution in [0.25, 0.3) is 0 Å². The molecular weight excluding hydrogens is 262 g/mol. The van der Waals surface area contributed by atoms with Crippen molar-refractivity contribution in [1.29, 1.82) is 0 Å². The largest absolute Gasteiger partial charge is 0.274 e. The van der Waals surface area contributed by atoms with E-state index in [1.54, 1.807) is 0 Å². The van der Waals surface area contributed by atoms with Crippen molar-refractivity contribution < 1.29 is 9.59 Å². The van der Waals surface area contributed by atoms with Gasteiger partial charge in [0.15, 0.2) is 0 Å². The van der Waals surface area contributed by atoms with Crippen LogP contribution >= 0.6 is 0 Å². The molecule has 3 nitrogen and oxygen atoms in total. The Hall–Kier alpha value is -1.90. The van der Waals surface area contributed by atoms with Gasteiger partial charge in [-0.05, 0) is 54.7 Å². The van der Waals surface area contributed by atoms with Crippen molar-refractivity contribution in [2.45, 2.75) is 19.8 Å². The molecule has 0 N–H and O–H groups in total. The van der Waals surface area contributed by atoms with Crippen LogP contribution in [0.1, 0.15) is 18.4 Å². The van der Waals surface area contributed by atoms with Crippen molar-refractivity contribution in [3.05, 3.63) is 42.0 Å². The Bertz CT molecular complexity index is 682. The summed E-state index contributed by atoms with van der Waals surface area (Å²) in [7, 11) is 0. The molecule has 3 heteroatoms. The maximum absolute atomic E-state index is 12.9. The quantitative estimate of drug-likeness (QED) is 0.585. The lowest BCUT2D eigenvalue weighted by Crippen LogP contribution is -2.34. The Balaban J connectivity index is 1.59. The lowest BCUT2D eigenvalue weighted by molar-refractivity contribution is -0.123. The Morgan fingerprint density at radius 1 is 1.05 bits per heavy atom. The van der Waals surface area contributed by atoms with Gasteiger partial charge in [-0.25, -0.2) is 0 Å². The monoisotopic (exact) mass is 279 g/mol. The van der Waals surface area contributed by atoms with Crippen LogP contribution in [0.4, 0.5) is 5.69 Å². The molecule has 2 bridgehead atoms. The van der Waals surface area contributed by atoms with Crippen LogP contribution < -0.4 is 4.90 Å². The smallest absolute Gasteiger partial charge is 0.238 e. The number of aryl methyl sites for hydroxylation is 1. The van der Waals surface area contributed by atoms with Crippen molar-refractivity contribution in [3.8, 4) is 0 Å². The van der Waals surface area contributed by atoms with Crippen molar-refractivity contribution in [2.75, 3.05) is 4.90 Å². The highest BCUT2D eigenvalue weighted by molar-refractivity contribution is 6.23. The average Bonchev–Trinajstić information content (AvgIpc) is 3.05. The molecule has 4 atom stereocenters. The summed E-state index contributed by atoms with van der Waals surface area (Å²) in [4.78, 5) is 27.2. The molecule has 21 heavy (non-hydrogen) atoms. The molecule has 4 aliphatic rings. The van der Waals surface area contributed by atoms with Gasteiger partial charge in [-0.1, -0.05) is 24.3 Å². The first-order valence-electron chi connectivity index (χ1n) is 7.76. The van der Waals surface area contributed by atoms with E-state index in [0.29, 0.717) is 11.8 Å². The van der Waals surface area contributed by atoms with Crippen molar-refractivity contribution in [2.24, 2.45) is 29.1 Å². The standard InChI is InChI=1S/C18H17NO2/c1-10-3-2-4-11(9-10)19-16(20)14-12-5-6-13(15(14)17(19)21)18(12)7-8-18/h2-6,9,12-15H,7-8H2,1H3/t12-,13+,14+,15-. The van der Waals surface area contributed by atoms with E-state index in [4.69, 9.17) is 0 Å². The number of carbonyl (C=O) groups excluding carboxylic acids is 2. The molecule has 0 radical (unpaired) electrons. The van der Waals surface area contributed by atoms with Crippen molar-refractivity contribution in [3.63, 3.8) is 0 Å². The number of benzene rings is 1. The van der Waals surface area contributed by atoms with Gasteiger partial charge in [-0.15, -0.1) is 0 Å². The van der Waals surface area contributed by atoms with Crippen LogP contribution in [0, 0.1) is 36.0 Å². The van der Waals surface area contributed by atoms with Gasteiger partial charge >= 0.3 is 0 Å². The van der Waals surface area contributed by atoms with Crippen LogP contribution in [-0.2, 0) is 9.59 Å². The number of hydrogen-bond acceptors (Lipinski definition) is 2. The molecule has 0 aromatic heterocycles. The molecule has 2 amide bonds. The van der Waals surface area contributed by atoms with Crippen LogP contribution in [0.3, 0.4) is 0 Å². The van der Waals surface area contributed by atoms with Gasteiger partial charge in [0.2, 0.25) is 11.8 Å². The summed E-state index contributed by atoms with van der Waals surface area (Å²) in [6, 6.07) is 7.69. The fourth-order valence-electron chi connectivity index (χ4n) is 5.10. The number of anilines is 1. The predicted octanol–water partition coefficient (Wildman–Crippen LogP) is 2.70. The maximum Gasteiger partial charge on any atom is 0.238 e. The fourth-order valence-corrected chi connectivity index (χ4v) is 5.10. The molecular formula is C18H17NO2. The van der Waals surface area contributed by atoms with E-state index >= 15 is 0 Å². The SMILES string of the molecule is Cc1cccc(N2C(=O)[C@@H]3[C@H](C2=O)[C@@H]2C=C[C@H]3C23CC3)c1. The Kier molecular flexibility index (Phi) is 1.93. The lowest BCUT2D eigenvalue weighted by atomic mass is 9.85. The first kappa shape index (κ1) is 11.7. The third-order valence-corrected chi connectivity index (χ3v) is 6.11. The summed E-state index contributed by atoms with van der Waals surface area (Å²) in [5.74, 6) is 0.459. The number of allylic oxidation sites excluding steroid dienone is 2. The molecule has 1 aromatic rings. The van der Waals surface area contributed by atoms with Crippen molar-refractivity contribution >= 4 is 17.5 Å². The van der Waals surface area contributed by atoms with E-state index in [1.165, 1.54) is 17.7 Å². The summed E-state index contributed by atoms with van der Waals surface area (Å²) in [6.07, 6.45) is 6.80. The number of imide groups is 1. The minimum atomic E-state index is -0.101. The fraction of sp³-hybridized carbons (Fsp3) is 0.444. The number of carbonyl (C=O) groups is 2. The molecule has 1 aromatic carbocycles. The van der Waals surface area contributed by atoms with Crippen molar-refractivity contribution in [1.82, 2.24) is 0 Å². The van der Waals surface area contributed by atoms with Crippen LogP contribution in [0.15, 0.2) is 36.4 Å². The zero-order chi connectivity index (χ0) is 14.4. The molecule has 106 valence electrons. The minimum absolute atomic E-state index is 0.0266. The highest BCUT2D eigenvalue weighted by Crippen LogP contribution is 2.73. The highest BCUT2D eigenvalue weighted by atomic mass is 16.2. The molecule has 1 saturated heterocycles. The first-order valence-corrected chi connectivity index (χ1v) is 7.76. The normalized spacial score (nSPS) is 37.7. The number of rotatable bonds is 1. The van der Waals surface area contributed by atoms with E-state index in [9.17, 15) is 9.59 Å². The van der Waals surface area contributed by atoms with Gasteiger partial charge in [-0.2, -0.15) is 0 Å². The molecule has 0 unspecified atom stereocenters. The van der Waals surface area contributed by atoms with Gasteiger partial charge in [0.25, 0.3) is 0 Å². The van der Waals surface area contributed by atoms with Crippen LogP contribution in [-0.4, -0.2) is 11.8 Å². The molecule has 3 aliphatic carbocycles. The number of nitrogens with zero attached hydrogens (tertiary/aromatic N) is 1. The second-order valence-electron chi connectivity index (χ2n) is 7.07. The molecule has 5 rings (SSSR count). The van der Waals surface area contributed by atoms with Gasteiger partial charge in [0, 0.05) is 0 Å². The van der Waals surface area contributed by atoms with E-state index in [0.717, 1.165) is 11.3 Å². The van der Waals surface area contributed by atoms with E-state index < -0.39 is 0 Å².